The molecular formula is C16H20N4. The third-order valence-corrected chi connectivity index (χ3v) is 2.59. The van der Waals surface area contributed by atoms with E-state index in [9.17, 15) is 0 Å². The van der Waals surface area contributed by atoms with Crippen LogP contribution in [0.25, 0.3) is 0 Å². The van der Waals surface area contributed by atoms with Crippen LogP contribution in [0.4, 0.5) is 11.6 Å². The lowest BCUT2D eigenvalue weighted by atomic mass is 10.2. The van der Waals surface area contributed by atoms with Crippen molar-refractivity contribution < 1.29 is 0 Å². The van der Waals surface area contributed by atoms with Gasteiger partial charge in [0.05, 0.1) is 12.5 Å². The second-order valence-corrected chi connectivity index (χ2v) is 3.94. The van der Waals surface area contributed by atoms with E-state index in [1.807, 2.05) is 49.9 Å². The highest BCUT2D eigenvalue weighted by Crippen LogP contribution is 2.21. The minimum atomic E-state index is 0.437. The first-order valence-corrected chi connectivity index (χ1v) is 6.79. The molecule has 1 aromatic carbocycles. The number of hydrogen-bond acceptors (Lipinski definition) is 4. The fourth-order valence-corrected chi connectivity index (χ4v) is 1.66. The van der Waals surface area contributed by atoms with E-state index < -0.39 is 0 Å². The highest BCUT2D eigenvalue weighted by atomic mass is 15.2. The van der Waals surface area contributed by atoms with E-state index in [2.05, 4.69) is 16.0 Å². The number of hydrogen-bond donors (Lipinski definition) is 0. The average Bonchev–Trinajstić information content (AvgIpc) is 2.52. The highest BCUT2D eigenvalue weighted by molar-refractivity contribution is 5.57. The Morgan fingerprint density at radius 2 is 1.70 bits per heavy atom. The van der Waals surface area contributed by atoms with Crippen molar-refractivity contribution >= 4 is 11.6 Å². The second-order valence-electron chi connectivity index (χ2n) is 3.94. The molecular weight excluding hydrogens is 248 g/mol. The smallest absolute Gasteiger partial charge is 0.229 e. The molecule has 0 bridgehead atoms. The van der Waals surface area contributed by atoms with E-state index in [0.29, 0.717) is 18.9 Å². The number of aryl methyl sites for hydroxylation is 1. The lowest BCUT2D eigenvalue weighted by Gasteiger charge is -2.21. The summed E-state index contributed by atoms with van der Waals surface area (Å²) in [6.45, 7) is 6.63. The van der Waals surface area contributed by atoms with E-state index in [4.69, 9.17) is 5.26 Å². The van der Waals surface area contributed by atoms with Crippen molar-refractivity contribution in [3.05, 3.63) is 48.3 Å². The fraction of sp³-hybridized carbons (Fsp3) is 0.312. The number of rotatable bonds is 4. The molecule has 0 aliphatic heterocycles. The summed E-state index contributed by atoms with van der Waals surface area (Å²) in [5.41, 5.74) is 2.20. The van der Waals surface area contributed by atoms with Crippen LogP contribution in [0.3, 0.4) is 0 Å². The predicted octanol–water partition coefficient (Wildman–Crippen LogP) is 3.86. The Morgan fingerprint density at radius 1 is 1.10 bits per heavy atom. The van der Waals surface area contributed by atoms with Crippen LogP contribution in [0, 0.1) is 18.3 Å². The van der Waals surface area contributed by atoms with Gasteiger partial charge in [-0.05, 0) is 25.1 Å². The van der Waals surface area contributed by atoms with Crippen molar-refractivity contribution in [1.82, 2.24) is 9.97 Å². The first kappa shape index (κ1) is 15.6. The summed E-state index contributed by atoms with van der Waals surface area (Å²) in [5, 5.41) is 8.74. The van der Waals surface area contributed by atoms with Gasteiger partial charge in [-0.25, -0.2) is 9.97 Å². The van der Waals surface area contributed by atoms with E-state index in [1.54, 1.807) is 18.5 Å². The normalized spacial score (nSPS) is 9.10. The van der Waals surface area contributed by atoms with Gasteiger partial charge in [0.25, 0.3) is 0 Å². The van der Waals surface area contributed by atoms with Crippen LogP contribution in [0.5, 0.6) is 0 Å². The largest absolute Gasteiger partial charge is 0.310 e. The molecule has 0 unspecified atom stereocenters. The molecule has 4 nitrogen and oxygen atoms in total. The van der Waals surface area contributed by atoms with Gasteiger partial charge in [0.2, 0.25) is 5.95 Å². The summed E-state index contributed by atoms with van der Waals surface area (Å²) < 4.78 is 0. The maximum Gasteiger partial charge on any atom is 0.229 e. The minimum Gasteiger partial charge on any atom is -0.310 e. The first-order valence-electron chi connectivity index (χ1n) is 6.79. The lowest BCUT2D eigenvalue weighted by Crippen LogP contribution is -2.20. The zero-order valence-electron chi connectivity index (χ0n) is 12.2. The van der Waals surface area contributed by atoms with Crippen molar-refractivity contribution in [1.29, 1.82) is 5.26 Å². The fourth-order valence-electron chi connectivity index (χ4n) is 1.66. The molecule has 0 aliphatic rings. The van der Waals surface area contributed by atoms with Gasteiger partial charge >= 0.3 is 0 Å². The number of nitriles is 1. The molecule has 1 aromatic heterocycles. The Bertz CT molecular complexity index is 529. The van der Waals surface area contributed by atoms with E-state index >= 15 is 0 Å². The molecule has 0 spiro atoms. The molecule has 104 valence electrons. The van der Waals surface area contributed by atoms with E-state index in [1.165, 1.54) is 5.56 Å². The van der Waals surface area contributed by atoms with Gasteiger partial charge in [-0.3, -0.25) is 0 Å². The summed E-state index contributed by atoms with van der Waals surface area (Å²) in [7, 11) is 0. The molecule has 2 rings (SSSR count). The maximum absolute atomic E-state index is 8.74. The molecule has 0 saturated heterocycles. The average molecular weight is 268 g/mol. The van der Waals surface area contributed by atoms with Crippen LogP contribution in [0.15, 0.2) is 42.7 Å². The molecule has 0 atom stereocenters. The standard InChI is InChI=1S/C14H14N4.C2H6/c1-12-4-6-13(7-5-12)18(11-2-8-15)14-16-9-3-10-17-14;1-2/h3-7,9-10H,2,11H2,1H3;1-2H3. The lowest BCUT2D eigenvalue weighted by molar-refractivity contribution is 0.898. The van der Waals surface area contributed by atoms with Gasteiger partial charge in [-0.2, -0.15) is 5.26 Å². The number of aromatic nitrogens is 2. The van der Waals surface area contributed by atoms with Crippen molar-refractivity contribution in [3.8, 4) is 6.07 Å². The monoisotopic (exact) mass is 268 g/mol. The Kier molecular flexibility index (Phi) is 6.77. The SMILES string of the molecule is CC.Cc1ccc(N(CCC#N)c2ncccn2)cc1. The van der Waals surface area contributed by atoms with Crippen molar-refractivity contribution in [2.75, 3.05) is 11.4 Å². The quantitative estimate of drug-likeness (QED) is 0.844. The molecule has 0 fully saturated rings. The number of benzene rings is 1. The van der Waals surface area contributed by atoms with Gasteiger partial charge in [-0.1, -0.05) is 31.5 Å². The van der Waals surface area contributed by atoms with Crippen LogP contribution in [-0.2, 0) is 0 Å². The predicted molar refractivity (Wildman–Crippen MR) is 81.8 cm³/mol. The first-order chi connectivity index (χ1) is 9.81. The van der Waals surface area contributed by atoms with Crippen LogP contribution in [0.1, 0.15) is 25.8 Å². The summed E-state index contributed by atoms with van der Waals surface area (Å²) in [4.78, 5) is 10.4. The summed E-state index contributed by atoms with van der Waals surface area (Å²) >= 11 is 0. The molecule has 0 amide bonds. The highest BCUT2D eigenvalue weighted by Gasteiger charge is 2.10. The second kappa shape index (κ2) is 8.65. The molecule has 4 heteroatoms. The third kappa shape index (κ3) is 4.36. The minimum absolute atomic E-state index is 0.437. The van der Waals surface area contributed by atoms with Gasteiger partial charge in [0.1, 0.15) is 0 Å². The van der Waals surface area contributed by atoms with Crippen LogP contribution in [-0.4, -0.2) is 16.5 Å². The molecule has 0 N–H and O–H groups in total. The topological polar surface area (TPSA) is 52.8 Å². The number of anilines is 2. The molecule has 0 aliphatic carbocycles. The Balaban J connectivity index is 0.000000956. The molecule has 0 radical (unpaired) electrons. The third-order valence-electron chi connectivity index (χ3n) is 2.59. The molecule has 1 heterocycles. The molecule has 2 aromatic rings. The Hall–Kier alpha value is -2.41. The van der Waals surface area contributed by atoms with Gasteiger partial charge in [0, 0.05) is 24.6 Å². The molecule has 20 heavy (non-hydrogen) atoms. The zero-order valence-corrected chi connectivity index (χ0v) is 12.2. The van der Waals surface area contributed by atoms with Crippen molar-refractivity contribution in [2.45, 2.75) is 27.2 Å². The van der Waals surface area contributed by atoms with Crippen LogP contribution in [0.2, 0.25) is 0 Å². The summed E-state index contributed by atoms with van der Waals surface area (Å²) in [6.07, 6.45) is 3.85. The van der Waals surface area contributed by atoms with Gasteiger partial charge in [-0.15, -0.1) is 0 Å². The van der Waals surface area contributed by atoms with Gasteiger partial charge in [0.15, 0.2) is 0 Å². The number of nitrogens with zero attached hydrogens (tertiary/aromatic N) is 4. The zero-order chi connectivity index (χ0) is 14.8. The molecule has 0 saturated carbocycles. The Morgan fingerprint density at radius 3 is 2.25 bits per heavy atom. The summed E-state index contributed by atoms with van der Waals surface area (Å²) in [6, 6.07) is 12.0. The summed E-state index contributed by atoms with van der Waals surface area (Å²) in [5.74, 6) is 0.622. The van der Waals surface area contributed by atoms with E-state index in [0.717, 1.165) is 5.69 Å². The Labute approximate surface area is 120 Å². The van der Waals surface area contributed by atoms with Crippen molar-refractivity contribution in [3.63, 3.8) is 0 Å². The maximum atomic E-state index is 8.74. The van der Waals surface area contributed by atoms with Crippen molar-refractivity contribution in [2.24, 2.45) is 0 Å². The van der Waals surface area contributed by atoms with Crippen LogP contribution >= 0.6 is 0 Å². The van der Waals surface area contributed by atoms with Crippen LogP contribution < -0.4 is 4.90 Å². The van der Waals surface area contributed by atoms with E-state index in [-0.39, 0.29) is 0 Å². The van der Waals surface area contributed by atoms with Gasteiger partial charge < -0.3 is 4.90 Å².